The highest BCUT2D eigenvalue weighted by Crippen LogP contribution is 2.23. The number of aryl methyl sites for hydroxylation is 2. The smallest absolute Gasteiger partial charge is 0.191 e. The van der Waals surface area contributed by atoms with Crippen molar-refractivity contribution in [2.24, 2.45) is 4.99 Å². The first-order valence-electron chi connectivity index (χ1n) is 7.53. The topological polar surface area (TPSA) is 58.5 Å². The first-order chi connectivity index (χ1) is 11.1. The highest BCUT2D eigenvalue weighted by molar-refractivity contribution is 14.0. The molecule has 24 heavy (non-hydrogen) atoms. The summed E-state index contributed by atoms with van der Waals surface area (Å²) in [5.74, 6) is 1.66. The van der Waals surface area contributed by atoms with Crippen molar-refractivity contribution in [1.82, 2.24) is 15.6 Å². The third-order valence-electron chi connectivity index (χ3n) is 3.78. The molecule has 0 bridgehead atoms. The lowest BCUT2D eigenvalue weighted by Crippen LogP contribution is -2.36. The third-order valence-corrected chi connectivity index (χ3v) is 4.80. The van der Waals surface area contributed by atoms with E-state index in [9.17, 15) is 0 Å². The molecule has 0 amide bonds. The van der Waals surface area contributed by atoms with Crippen molar-refractivity contribution in [2.45, 2.75) is 33.9 Å². The maximum absolute atomic E-state index is 5.45. The Morgan fingerprint density at radius 2 is 1.92 bits per heavy atom. The van der Waals surface area contributed by atoms with Crippen LogP contribution in [0.4, 0.5) is 0 Å². The van der Waals surface area contributed by atoms with Crippen LogP contribution in [-0.2, 0) is 13.1 Å². The van der Waals surface area contributed by atoms with E-state index in [2.05, 4.69) is 39.0 Å². The molecule has 0 aromatic carbocycles. The Labute approximate surface area is 165 Å². The molecule has 2 N–H and O–H groups in total. The number of thiophene rings is 1. The van der Waals surface area contributed by atoms with Gasteiger partial charge in [-0.25, -0.2) is 0 Å². The summed E-state index contributed by atoms with van der Waals surface area (Å²) in [6.45, 7) is 7.52. The lowest BCUT2D eigenvalue weighted by molar-refractivity contribution is 0.406. The van der Waals surface area contributed by atoms with Crippen molar-refractivity contribution in [3.05, 3.63) is 44.9 Å². The molecule has 0 saturated carbocycles. The van der Waals surface area contributed by atoms with Gasteiger partial charge in [0.25, 0.3) is 0 Å². The van der Waals surface area contributed by atoms with E-state index in [1.807, 2.05) is 20.0 Å². The highest BCUT2D eigenvalue weighted by atomic mass is 127. The van der Waals surface area contributed by atoms with Crippen molar-refractivity contribution >= 4 is 41.3 Å². The first-order valence-corrected chi connectivity index (χ1v) is 8.41. The SMILES string of the molecule is CN=C(NCc1ncc(C)c(OC)c1C)NCc1sccc1C.I. The summed E-state index contributed by atoms with van der Waals surface area (Å²) in [4.78, 5) is 10.1. The monoisotopic (exact) mass is 460 g/mol. The number of guanidine groups is 1. The predicted octanol–water partition coefficient (Wildman–Crippen LogP) is 3.56. The van der Waals surface area contributed by atoms with Gasteiger partial charge in [-0.15, -0.1) is 35.3 Å². The van der Waals surface area contributed by atoms with Crippen LogP contribution in [0.1, 0.15) is 27.3 Å². The van der Waals surface area contributed by atoms with Gasteiger partial charge in [0, 0.05) is 29.2 Å². The fourth-order valence-electron chi connectivity index (χ4n) is 2.39. The molecule has 132 valence electrons. The van der Waals surface area contributed by atoms with Gasteiger partial charge in [0.2, 0.25) is 0 Å². The van der Waals surface area contributed by atoms with Crippen LogP contribution >= 0.6 is 35.3 Å². The van der Waals surface area contributed by atoms with Gasteiger partial charge >= 0.3 is 0 Å². The van der Waals surface area contributed by atoms with Crippen LogP contribution in [0.3, 0.4) is 0 Å². The van der Waals surface area contributed by atoms with Crippen LogP contribution in [0.5, 0.6) is 5.75 Å². The minimum Gasteiger partial charge on any atom is -0.496 e. The number of hydrogen-bond acceptors (Lipinski definition) is 4. The molecule has 0 unspecified atom stereocenters. The van der Waals surface area contributed by atoms with Crippen molar-refractivity contribution in [2.75, 3.05) is 14.2 Å². The van der Waals surface area contributed by atoms with E-state index in [-0.39, 0.29) is 24.0 Å². The lowest BCUT2D eigenvalue weighted by Gasteiger charge is -2.15. The van der Waals surface area contributed by atoms with Crippen LogP contribution in [0.15, 0.2) is 22.6 Å². The zero-order valence-electron chi connectivity index (χ0n) is 14.8. The molecule has 2 heterocycles. The number of hydrogen-bond donors (Lipinski definition) is 2. The number of aromatic nitrogens is 1. The molecule has 0 radical (unpaired) electrons. The van der Waals surface area contributed by atoms with Crippen LogP contribution in [0, 0.1) is 20.8 Å². The van der Waals surface area contributed by atoms with Gasteiger partial charge in [-0.3, -0.25) is 9.98 Å². The van der Waals surface area contributed by atoms with E-state index >= 15 is 0 Å². The molecule has 0 saturated heterocycles. The number of ether oxygens (including phenoxy) is 1. The van der Waals surface area contributed by atoms with Gasteiger partial charge in [-0.05, 0) is 37.8 Å². The Balaban J connectivity index is 0.00000288. The number of pyridine rings is 1. The molecule has 0 aliphatic rings. The van der Waals surface area contributed by atoms with E-state index in [0.717, 1.165) is 35.1 Å². The van der Waals surface area contributed by atoms with E-state index < -0.39 is 0 Å². The zero-order valence-corrected chi connectivity index (χ0v) is 17.9. The Hall–Kier alpha value is -1.35. The Bertz CT molecular complexity index is 700. The molecule has 0 spiro atoms. The van der Waals surface area contributed by atoms with Gasteiger partial charge in [-0.1, -0.05) is 0 Å². The maximum Gasteiger partial charge on any atom is 0.191 e. The zero-order chi connectivity index (χ0) is 16.8. The average Bonchev–Trinajstić information content (AvgIpc) is 2.95. The number of aliphatic imine (C=N–C) groups is 1. The van der Waals surface area contributed by atoms with Gasteiger partial charge in [-0.2, -0.15) is 0 Å². The van der Waals surface area contributed by atoms with E-state index in [1.54, 1.807) is 25.5 Å². The Kier molecular flexibility index (Phi) is 8.47. The molecule has 7 heteroatoms. The van der Waals surface area contributed by atoms with Gasteiger partial charge in [0.05, 0.1) is 25.9 Å². The molecule has 0 aliphatic carbocycles. The van der Waals surface area contributed by atoms with Gasteiger partial charge in [0.15, 0.2) is 5.96 Å². The van der Waals surface area contributed by atoms with Crippen LogP contribution in [0.25, 0.3) is 0 Å². The maximum atomic E-state index is 5.45. The molecule has 5 nitrogen and oxygen atoms in total. The minimum absolute atomic E-state index is 0. The summed E-state index contributed by atoms with van der Waals surface area (Å²) in [5.41, 5.74) is 4.37. The second-order valence-electron chi connectivity index (χ2n) is 5.35. The number of methoxy groups -OCH3 is 1. The molecular weight excluding hydrogens is 435 g/mol. The van der Waals surface area contributed by atoms with Crippen LogP contribution < -0.4 is 15.4 Å². The predicted molar refractivity (Wildman–Crippen MR) is 112 cm³/mol. The normalized spacial score (nSPS) is 11.0. The number of nitrogens with one attached hydrogen (secondary N) is 2. The summed E-state index contributed by atoms with van der Waals surface area (Å²) in [6.07, 6.45) is 1.84. The van der Waals surface area contributed by atoms with Gasteiger partial charge in [0.1, 0.15) is 5.75 Å². The first kappa shape index (κ1) is 20.7. The molecule has 0 aliphatic heterocycles. The molecule has 0 fully saturated rings. The van der Waals surface area contributed by atoms with Crippen molar-refractivity contribution < 1.29 is 4.74 Å². The van der Waals surface area contributed by atoms with Crippen LogP contribution in [0.2, 0.25) is 0 Å². The molecule has 2 aromatic heterocycles. The quantitative estimate of drug-likeness (QED) is 0.407. The summed E-state index contributed by atoms with van der Waals surface area (Å²) >= 11 is 1.75. The molecule has 0 atom stereocenters. The fraction of sp³-hybridized carbons (Fsp3) is 0.412. The average molecular weight is 460 g/mol. The summed E-state index contributed by atoms with van der Waals surface area (Å²) < 4.78 is 5.45. The molecular formula is C17H25IN4OS. The number of nitrogens with zero attached hydrogens (tertiary/aromatic N) is 2. The second kappa shape index (κ2) is 9.83. The third kappa shape index (κ3) is 5.07. The number of halogens is 1. The Morgan fingerprint density at radius 1 is 1.21 bits per heavy atom. The van der Waals surface area contributed by atoms with Crippen molar-refractivity contribution in [3.63, 3.8) is 0 Å². The van der Waals surface area contributed by atoms with Crippen LogP contribution in [-0.4, -0.2) is 25.1 Å². The minimum atomic E-state index is 0. The fourth-order valence-corrected chi connectivity index (χ4v) is 3.23. The largest absolute Gasteiger partial charge is 0.496 e. The van der Waals surface area contributed by atoms with Gasteiger partial charge < -0.3 is 15.4 Å². The van der Waals surface area contributed by atoms with E-state index in [4.69, 9.17) is 4.74 Å². The molecule has 2 rings (SSSR count). The van der Waals surface area contributed by atoms with E-state index in [1.165, 1.54) is 10.4 Å². The van der Waals surface area contributed by atoms with Crippen molar-refractivity contribution in [3.8, 4) is 5.75 Å². The van der Waals surface area contributed by atoms with E-state index in [0.29, 0.717) is 6.54 Å². The van der Waals surface area contributed by atoms with Crippen molar-refractivity contribution in [1.29, 1.82) is 0 Å². The summed E-state index contributed by atoms with van der Waals surface area (Å²) in [5, 5.41) is 8.74. The number of rotatable bonds is 5. The molecule has 2 aromatic rings. The summed E-state index contributed by atoms with van der Waals surface area (Å²) in [7, 11) is 3.46. The standard InChI is InChI=1S/C17H24N4OS.HI/c1-11-6-7-23-15(11)10-21-17(18-4)20-9-14-13(3)16(22-5)12(2)8-19-14;/h6-8H,9-10H2,1-5H3,(H2,18,20,21);1H. The highest BCUT2D eigenvalue weighted by Gasteiger charge is 2.10. The lowest BCUT2D eigenvalue weighted by atomic mass is 10.1. The summed E-state index contributed by atoms with van der Waals surface area (Å²) in [6, 6.07) is 2.13. The second-order valence-corrected chi connectivity index (χ2v) is 6.35. The Morgan fingerprint density at radius 3 is 2.50 bits per heavy atom.